The molecule has 2 aromatic rings. The molecular weight excluding hydrogens is 316 g/mol. The molecule has 2 unspecified atom stereocenters. The summed E-state index contributed by atoms with van der Waals surface area (Å²) in [4.78, 5) is 16.7. The van der Waals surface area contributed by atoms with Crippen LogP contribution >= 0.6 is 0 Å². The third kappa shape index (κ3) is 3.24. The Hall–Kier alpha value is -2.40. The standard InChI is InChI=1S/C20H22N2O3/c1-13-4-3-8-21-18(13)17-6-2-5-14-10-16(25-19(14)17)11-22-20(23)15-7-9-24-12-15/h2-6,8,15-16H,7,9-12H2,1H3,(H,22,23). The lowest BCUT2D eigenvalue weighted by Gasteiger charge is -2.15. The molecule has 2 aliphatic rings. The van der Waals surface area contributed by atoms with Crippen LogP contribution in [-0.2, 0) is 16.0 Å². The van der Waals surface area contributed by atoms with Crippen molar-refractivity contribution in [1.29, 1.82) is 0 Å². The average Bonchev–Trinajstić information content (AvgIpc) is 3.29. The van der Waals surface area contributed by atoms with Gasteiger partial charge in [-0.2, -0.15) is 0 Å². The van der Waals surface area contributed by atoms with Crippen molar-refractivity contribution in [2.75, 3.05) is 19.8 Å². The van der Waals surface area contributed by atoms with Gasteiger partial charge in [-0.1, -0.05) is 18.2 Å². The summed E-state index contributed by atoms with van der Waals surface area (Å²) in [5.41, 5.74) is 4.27. The van der Waals surface area contributed by atoms with Gasteiger partial charge in [0.15, 0.2) is 0 Å². The van der Waals surface area contributed by atoms with Crippen molar-refractivity contribution >= 4 is 5.91 Å². The van der Waals surface area contributed by atoms with Gasteiger partial charge in [0.1, 0.15) is 11.9 Å². The Morgan fingerprint density at radius 2 is 2.24 bits per heavy atom. The number of fused-ring (bicyclic) bond motifs is 1. The number of ether oxygens (including phenoxy) is 2. The Morgan fingerprint density at radius 1 is 1.32 bits per heavy atom. The van der Waals surface area contributed by atoms with Crippen LogP contribution in [0.1, 0.15) is 17.5 Å². The Morgan fingerprint density at radius 3 is 3.04 bits per heavy atom. The number of hydrogen-bond donors (Lipinski definition) is 1. The van der Waals surface area contributed by atoms with Crippen LogP contribution in [-0.4, -0.2) is 36.8 Å². The van der Waals surface area contributed by atoms with E-state index in [1.54, 1.807) is 6.20 Å². The molecule has 130 valence electrons. The zero-order chi connectivity index (χ0) is 17.2. The molecule has 0 radical (unpaired) electrons. The number of nitrogens with zero attached hydrogens (tertiary/aromatic N) is 1. The Balaban J connectivity index is 1.47. The first kappa shape index (κ1) is 16.1. The molecule has 5 heteroatoms. The van der Waals surface area contributed by atoms with E-state index in [0.29, 0.717) is 19.8 Å². The van der Waals surface area contributed by atoms with Crippen molar-refractivity contribution in [3.8, 4) is 17.0 Å². The quantitative estimate of drug-likeness (QED) is 0.930. The number of amides is 1. The van der Waals surface area contributed by atoms with Crippen LogP contribution in [0.15, 0.2) is 36.5 Å². The van der Waals surface area contributed by atoms with Gasteiger partial charge in [-0.15, -0.1) is 0 Å². The van der Waals surface area contributed by atoms with Gasteiger partial charge in [-0.3, -0.25) is 9.78 Å². The van der Waals surface area contributed by atoms with Crippen LogP contribution in [0.4, 0.5) is 0 Å². The highest BCUT2D eigenvalue weighted by Gasteiger charge is 2.28. The highest BCUT2D eigenvalue weighted by Crippen LogP contribution is 2.38. The summed E-state index contributed by atoms with van der Waals surface area (Å²) >= 11 is 0. The van der Waals surface area contributed by atoms with E-state index in [2.05, 4.69) is 29.4 Å². The number of nitrogens with one attached hydrogen (secondary N) is 1. The van der Waals surface area contributed by atoms with Crippen LogP contribution in [0.5, 0.6) is 5.75 Å². The van der Waals surface area contributed by atoms with Gasteiger partial charge in [0.25, 0.3) is 0 Å². The lowest BCUT2D eigenvalue weighted by Crippen LogP contribution is -2.38. The van der Waals surface area contributed by atoms with E-state index in [1.165, 1.54) is 5.56 Å². The second-order valence-electron chi connectivity index (χ2n) is 6.71. The topological polar surface area (TPSA) is 60.5 Å². The Bertz CT molecular complexity index is 784. The number of carbonyl (C=O) groups excluding carboxylic acids is 1. The molecule has 1 N–H and O–H groups in total. The van der Waals surface area contributed by atoms with Gasteiger partial charge in [-0.25, -0.2) is 0 Å². The van der Waals surface area contributed by atoms with Crippen LogP contribution < -0.4 is 10.1 Å². The van der Waals surface area contributed by atoms with E-state index in [4.69, 9.17) is 9.47 Å². The molecule has 1 amide bonds. The number of aryl methyl sites for hydroxylation is 1. The number of rotatable bonds is 4. The second kappa shape index (κ2) is 6.84. The van der Waals surface area contributed by atoms with Crippen molar-refractivity contribution in [2.24, 2.45) is 5.92 Å². The summed E-state index contributed by atoms with van der Waals surface area (Å²) in [5, 5.41) is 3.01. The number of para-hydroxylation sites is 1. The predicted octanol–water partition coefficient (Wildman–Crippen LogP) is 2.51. The second-order valence-corrected chi connectivity index (χ2v) is 6.71. The van der Waals surface area contributed by atoms with Crippen LogP contribution in [0.3, 0.4) is 0 Å². The fourth-order valence-corrected chi connectivity index (χ4v) is 3.51. The molecule has 0 saturated carbocycles. The Kier molecular flexibility index (Phi) is 4.40. The molecule has 2 aliphatic heterocycles. The molecule has 3 heterocycles. The first-order chi connectivity index (χ1) is 12.2. The van der Waals surface area contributed by atoms with Crippen LogP contribution in [0, 0.1) is 12.8 Å². The first-order valence-electron chi connectivity index (χ1n) is 8.78. The normalized spacial score (nSPS) is 21.6. The maximum Gasteiger partial charge on any atom is 0.225 e. The minimum absolute atomic E-state index is 0.0180. The summed E-state index contributed by atoms with van der Waals surface area (Å²) in [5.74, 6) is 0.945. The molecule has 1 aromatic heterocycles. The van der Waals surface area contributed by atoms with Gasteiger partial charge in [0, 0.05) is 24.8 Å². The highest BCUT2D eigenvalue weighted by molar-refractivity contribution is 5.79. The Labute approximate surface area is 147 Å². The van der Waals surface area contributed by atoms with Gasteiger partial charge in [-0.05, 0) is 36.6 Å². The van der Waals surface area contributed by atoms with Crippen molar-refractivity contribution in [3.05, 3.63) is 47.7 Å². The molecule has 0 aliphatic carbocycles. The van der Waals surface area contributed by atoms with Gasteiger partial charge < -0.3 is 14.8 Å². The third-order valence-corrected chi connectivity index (χ3v) is 4.90. The van der Waals surface area contributed by atoms with Gasteiger partial charge >= 0.3 is 0 Å². The summed E-state index contributed by atoms with van der Waals surface area (Å²) in [6, 6.07) is 10.2. The summed E-state index contributed by atoms with van der Waals surface area (Å²) < 4.78 is 11.5. The van der Waals surface area contributed by atoms with E-state index < -0.39 is 0 Å². The maximum atomic E-state index is 12.2. The van der Waals surface area contributed by atoms with Crippen LogP contribution in [0.2, 0.25) is 0 Å². The SMILES string of the molecule is Cc1cccnc1-c1cccc2c1OC(CNC(=O)C1CCOC1)C2. The van der Waals surface area contributed by atoms with E-state index in [0.717, 1.165) is 35.4 Å². The van der Waals surface area contributed by atoms with Gasteiger partial charge in [0.05, 0.1) is 24.8 Å². The van der Waals surface area contributed by atoms with Gasteiger partial charge in [0.2, 0.25) is 5.91 Å². The van der Waals surface area contributed by atoms with E-state index >= 15 is 0 Å². The molecule has 2 atom stereocenters. The minimum Gasteiger partial charge on any atom is -0.487 e. The summed E-state index contributed by atoms with van der Waals surface area (Å²) in [6.07, 6.45) is 3.38. The highest BCUT2D eigenvalue weighted by atomic mass is 16.5. The molecule has 5 nitrogen and oxygen atoms in total. The molecule has 25 heavy (non-hydrogen) atoms. The number of hydrogen-bond acceptors (Lipinski definition) is 4. The van der Waals surface area contributed by atoms with Crippen molar-refractivity contribution in [3.63, 3.8) is 0 Å². The number of pyridine rings is 1. The monoisotopic (exact) mass is 338 g/mol. The van der Waals surface area contributed by atoms with Crippen molar-refractivity contribution in [1.82, 2.24) is 10.3 Å². The molecule has 1 fully saturated rings. The van der Waals surface area contributed by atoms with E-state index in [9.17, 15) is 4.79 Å². The molecule has 1 aromatic carbocycles. The minimum atomic E-state index is -0.0357. The largest absolute Gasteiger partial charge is 0.487 e. The molecule has 1 saturated heterocycles. The lowest BCUT2D eigenvalue weighted by molar-refractivity contribution is -0.125. The smallest absolute Gasteiger partial charge is 0.225 e. The van der Waals surface area contributed by atoms with Crippen molar-refractivity contribution in [2.45, 2.75) is 25.9 Å². The average molecular weight is 338 g/mol. The number of carbonyl (C=O) groups is 1. The number of benzene rings is 1. The van der Waals surface area contributed by atoms with E-state index in [-0.39, 0.29) is 17.9 Å². The molecule has 0 spiro atoms. The molecule has 0 bridgehead atoms. The summed E-state index contributed by atoms with van der Waals surface area (Å²) in [6.45, 7) is 3.78. The maximum absolute atomic E-state index is 12.2. The van der Waals surface area contributed by atoms with E-state index in [1.807, 2.05) is 18.2 Å². The fourth-order valence-electron chi connectivity index (χ4n) is 3.51. The fraction of sp³-hybridized carbons (Fsp3) is 0.400. The number of aromatic nitrogens is 1. The zero-order valence-electron chi connectivity index (χ0n) is 14.3. The summed E-state index contributed by atoms with van der Waals surface area (Å²) in [7, 11) is 0. The zero-order valence-corrected chi connectivity index (χ0v) is 14.3. The van der Waals surface area contributed by atoms with Crippen molar-refractivity contribution < 1.29 is 14.3 Å². The lowest BCUT2D eigenvalue weighted by atomic mass is 10.0. The van der Waals surface area contributed by atoms with Crippen LogP contribution in [0.25, 0.3) is 11.3 Å². The predicted molar refractivity (Wildman–Crippen MR) is 94.5 cm³/mol. The molecule has 4 rings (SSSR count). The first-order valence-corrected chi connectivity index (χ1v) is 8.78. The molecular formula is C20H22N2O3. The third-order valence-electron chi connectivity index (χ3n) is 4.90.